The van der Waals surface area contributed by atoms with Crippen LogP contribution in [0.2, 0.25) is 0 Å². The summed E-state index contributed by atoms with van der Waals surface area (Å²) >= 11 is 0. The van der Waals surface area contributed by atoms with Gasteiger partial charge in [0.15, 0.2) is 0 Å². The Morgan fingerprint density at radius 3 is 2.86 bits per heavy atom. The van der Waals surface area contributed by atoms with Crippen molar-refractivity contribution in [2.75, 3.05) is 0 Å². The van der Waals surface area contributed by atoms with Gasteiger partial charge in [-0.25, -0.2) is 0 Å². The zero-order valence-corrected chi connectivity index (χ0v) is 8.12. The summed E-state index contributed by atoms with van der Waals surface area (Å²) in [6, 6.07) is 2.23. The van der Waals surface area contributed by atoms with Crippen molar-refractivity contribution < 1.29 is 9.21 Å². The Labute approximate surface area is 82.5 Å². The van der Waals surface area contributed by atoms with Gasteiger partial charge in [-0.1, -0.05) is 0 Å². The van der Waals surface area contributed by atoms with Gasteiger partial charge >= 0.3 is 0 Å². The van der Waals surface area contributed by atoms with Crippen molar-refractivity contribution in [3.8, 4) is 0 Å². The van der Waals surface area contributed by atoms with Gasteiger partial charge < -0.3 is 15.5 Å². The molecule has 1 fully saturated rings. The smallest absolute Gasteiger partial charge is 0.254 e. The van der Waals surface area contributed by atoms with E-state index in [-0.39, 0.29) is 18.0 Å². The lowest BCUT2D eigenvalue weighted by Crippen LogP contribution is -2.50. The monoisotopic (exact) mass is 194 g/mol. The molecular weight excluding hydrogens is 180 g/mol. The summed E-state index contributed by atoms with van der Waals surface area (Å²) in [5, 5.41) is 2.90. The fourth-order valence-electron chi connectivity index (χ4n) is 1.61. The first-order valence-electron chi connectivity index (χ1n) is 4.76. The molecule has 1 aliphatic carbocycles. The molecule has 0 spiro atoms. The molecule has 0 saturated heterocycles. The van der Waals surface area contributed by atoms with Crippen LogP contribution in [0.4, 0.5) is 0 Å². The highest BCUT2D eigenvalue weighted by Crippen LogP contribution is 2.18. The van der Waals surface area contributed by atoms with E-state index in [0.717, 1.165) is 18.6 Å². The summed E-state index contributed by atoms with van der Waals surface area (Å²) < 4.78 is 5.05. The molecule has 14 heavy (non-hydrogen) atoms. The zero-order valence-electron chi connectivity index (χ0n) is 8.12. The van der Waals surface area contributed by atoms with Crippen LogP contribution < -0.4 is 11.1 Å². The first kappa shape index (κ1) is 9.27. The third-order valence-corrected chi connectivity index (χ3v) is 2.50. The Hall–Kier alpha value is -1.29. The molecule has 1 aromatic rings. The van der Waals surface area contributed by atoms with E-state index in [2.05, 4.69) is 5.32 Å². The Bertz CT molecular complexity index is 340. The number of aryl methyl sites for hydroxylation is 1. The minimum absolute atomic E-state index is 0.0706. The van der Waals surface area contributed by atoms with Gasteiger partial charge in [0.2, 0.25) is 0 Å². The van der Waals surface area contributed by atoms with Crippen LogP contribution in [0.1, 0.15) is 29.0 Å². The van der Waals surface area contributed by atoms with Crippen molar-refractivity contribution in [1.29, 1.82) is 0 Å². The van der Waals surface area contributed by atoms with Crippen molar-refractivity contribution in [2.45, 2.75) is 31.8 Å². The van der Waals surface area contributed by atoms with E-state index in [0.29, 0.717) is 5.56 Å². The minimum atomic E-state index is -0.0706. The highest BCUT2D eigenvalue weighted by molar-refractivity contribution is 5.94. The Balaban J connectivity index is 1.90. The summed E-state index contributed by atoms with van der Waals surface area (Å²) in [5.41, 5.74) is 6.20. The SMILES string of the molecule is Cc1cc(C(=O)NC2CC(N)C2)co1. The standard InChI is InChI=1S/C10H14N2O2/c1-6-2-7(5-14-6)10(13)12-9-3-8(11)4-9/h2,5,8-9H,3-4,11H2,1H3,(H,12,13). The van der Waals surface area contributed by atoms with Gasteiger partial charge in [-0.2, -0.15) is 0 Å². The van der Waals surface area contributed by atoms with Gasteiger partial charge in [-0.05, 0) is 25.8 Å². The van der Waals surface area contributed by atoms with Crippen LogP contribution in [-0.2, 0) is 0 Å². The van der Waals surface area contributed by atoms with Crippen molar-refractivity contribution >= 4 is 5.91 Å². The normalized spacial score (nSPS) is 25.6. The number of hydrogen-bond donors (Lipinski definition) is 2. The van der Waals surface area contributed by atoms with Gasteiger partial charge in [0, 0.05) is 12.1 Å². The number of nitrogens with two attached hydrogens (primary N) is 1. The lowest BCUT2D eigenvalue weighted by atomic mass is 9.87. The molecule has 4 nitrogen and oxygen atoms in total. The summed E-state index contributed by atoms with van der Waals surface area (Å²) in [5.74, 6) is 0.680. The van der Waals surface area contributed by atoms with E-state index in [9.17, 15) is 4.79 Å². The molecule has 2 rings (SSSR count). The van der Waals surface area contributed by atoms with Crippen LogP contribution in [0.3, 0.4) is 0 Å². The van der Waals surface area contributed by atoms with Crippen LogP contribution in [0.15, 0.2) is 16.7 Å². The maximum atomic E-state index is 11.6. The van der Waals surface area contributed by atoms with Crippen LogP contribution >= 0.6 is 0 Å². The van der Waals surface area contributed by atoms with Gasteiger partial charge in [-0.15, -0.1) is 0 Å². The maximum absolute atomic E-state index is 11.6. The first-order valence-corrected chi connectivity index (χ1v) is 4.76. The number of furan rings is 1. The van der Waals surface area contributed by atoms with Crippen molar-refractivity contribution in [2.24, 2.45) is 5.73 Å². The van der Waals surface area contributed by atoms with E-state index >= 15 is 0 Å². The largest absolute Gasteiger partial charge is 0.469 e. The molecule has 0 radical (unpaired) electrons. The predicted octanol–water partition coefficient (Wildman–Crippen LogP) is 0.808. The quantitative estimate of drug-likeness (QED) is 0.732. The molecule has 4 heteroatoms. The van der Waals surface area contributed by atoms with E-state index in [1.165, 1.54) is 6.26 Å². The summed E-state index contributed by atoms with van der Waals surface area (Å²) in [4.78, 5) is 11.6. The molecule has 0 unspecified atom stereocenters. The zero-order chi connectivity index (χ0) is 10.1. The van der Waals surface area contributed by atoms with E-state index in [4.69, 9.17) is 10.2 Å². The Morgan fingerprint density at radius 2 is 2.36 bits per heavy atom. The number of carbonyl (C=O) groups is 1. The van der Waals surface area contributed by atoms with E-state index < -0.39 is 0 Å². The van der Waals surface area contributed by atoms with Crippen LogP contribution in [0.5, 0.6) is 0 Å². The lowest BCUT2D eigenvalue weighted by molar-refractivity contribution is 0.0909. The maximum Gasteiger partial charge on any atom is 0.254 e. The molecule has 1 aliphatic rings. The van der Waals surface area contributed by atoms with Gasteiger partial charge in [0.1, 0.15) is 12.0 Å². The number of carbonyl (C=O) groups excluding carboxylic acids is 1. The summed E-state index contributed by atoms with van der Waals surface area (Å²) in [6.45, 7) is 1.82. The highest BCUT2D eigenvalue weighted by Gasteiger charge is 2.27. The molecule has 0 aliphatic heterocycles. The van der Waals surface area contributed by atoms with Crippen molar-refractivity contribution in [1.82, 2.24) is 5.32 Å². The predicted molar refractivity (Wildman–Crippen MR) is 51.9 cm³/mol. The minimum Gasteiger partial charge on any atom is -0.469 e. The highest BCUT2D eigenvalue weighted by atomic mass is 16.3. The first-order chi connectivity index (χ1) is 6.65. The van der Waals surface area contributed by atoms with Gasteiger partial charge in [-0.3, -0.25) is 4.79 Å². The second-order valence-corrected chi connectivity index (χ2v) is 3.85. The summed E-state index contributed by atoms with van der Waals surface area (Å²) in [7, 11) is 0. The van der Waals surface area contributed by atoms with Crippen LogP contribution in [0, 0.1) is 6.92 Å². The molecule has 3 N–H and O–H groups in total. The fourth-order valence-corrected chi connectivity index (χ4v) is 1.61. The average Bonchev–Trinajstić information content (AvgIpc) is 2.49. The number of hydrogen-bond acceptors (Lipinski definition) is 3. The van der Waals surface area contributed by atoms with E-state index in [1.807, 2.05) is 6.92 Å². The molecule has 1 saturated carbocycles. The Morgan fingerprint density at radius 1 is 1.64 bits per heavy atom. The van der Waals surface area contributed by atoms with Crippen LogP contribution in [0.25, 0.3) is 0 Å². The molecule has 0 aromatic carbocycles. The molecule has 0 bridgehead atoms. The fraction of sp³-hybridized carbons (Fsp3) is 0.500. The molecule has 1 heterocycles. The summed E-state index contributed by atoms with van der Waals surface area (Å²) in [6.07, 6.45) is 3.23. The number of rotatable bonds is 2. The topological polar surface area (TPSA) is 68.3 Å². The third-order valence-electron chi connectivity index (χ3n) is 2.50. The van der Waals surface area contributed by atoms with Crippen LogP contribution in [-0.4, -0.2) is 18.0 Å². The number of amides is 1. The third kappa shape index (κ3) is 1.80. The molecule has 1 aromatic heterocycles. The average molecular weight is 194 g/mol. The molecule has 0 atom stereocenters. The second kappa shape index (κ2) is 3.46. The van der Waals surface area contributed by atoms with Crippen molar-refractivity contribution in [3.05, 3.63) is 23.7 Å². The molecular formula is C10H14N2O2. The van der Waals surface area contributed by atoms with Gasteiger partial charge in [0.25, 0.3) is 5.91 Å². The van der Waals surface area contributed by atoms with Gasteiger partial charge in [0.05, 0.1) is 5.56 Å². The molecule has 1 amide bonds. The molecule has 76 valence electrons. The lowest BCUT2D eigenvalue weighted by Gasteiger charge is -2.32. The Kier molecular flexibility index (Phi) is 2.29. The second-order valence-electron chi connectivity index (χ2n) is 3.85. The van der Waals surface area contributed by atoms with E-state index in [1.54, 1.807) is 6.07 Å². The van der Waals surface area contributed by atoms with Crippen molar-refractivity contribution in [3.63, 3.8) is 0 Å². The number of nitrogens with one attached hydrogen (secondary N) is 1.